The largest absolute Gasteiger partial charge is 0.334 e. The van der Waals surface area contributed by atoms with Crippen molar-refractivity contribution in [2.24, 2.45) is 0 Å². The predicted molar refractivity (Wildman–Crippen MR) is 84.4 cm³/mol. The molecule has 0 aliphatic carbocycles. The number of benzene rings is 1. The van der Waals surface area contributed by atoms with Crippen molar-refractivity contribution in [3.8, 4) is 0 Å². The maximum Gasteiger partial charge on any atom is 0.256 e. The van der Waals surface area contributed by atoms with Crippen LogP contribution in [0.15, 0.2) is 24.3 Å². The minimum atomic E-state index is -0.313. The SMILES string of the molecule is CNCC1CCCN1C(=O)c1cc2ccc(F)cc2nc1C. The minimum absolute atomic E-state index is 0.0222. The zero-order valence-electron chi connectivity index (χ0n) is 12.9. The first-order valence-electron chi connectivity index (χ1n) is 7.62. The zero-order valence-corrected chi connectivity index (χ0v) is 12.9. The van der Waals surface area contributed by atoms with Crippen molar-refractivity contribution in [2.45, 2.75) is 25.8 Å². The number of likely N-dealkylation sites (N-methyl/N-ethyl adjacent to an activating group) is 1. The molecule has 0 spiro atoms. The molecule has 1 unspecified atom stereocenters. The van der Waals surface area contributed by atoms with Gasteiger partial charge in [0.2, 0.25) is 0 Å². The van der Waals surface area contributed by atoms with Gasteiger partial charge in [-0.1, -0.05) is 0 Å². The highest BCUT2D eigenvalue weighted by molar-refractivity contribution is 5.99. The van der Waals surface area contributed by atoms with Crippen LogP contribution in [0.25, 0.3) is 10.9 Å². The van der Waals surface area contributed by atoms with E-state index in [2.05, 4.69) is 10.3 Å². The monoisotopic (exact) mass is 301 g/mol. The molecule has 1 aromatic heterocycles. The number of hydrogen-bond donors (Lipinski definition) is 1. The van der Waals surface area contributed by atoms with Crippen LogP contribution in [-0.4, -0.2) is 42.0 Å². The summed E-state index contributed by atoms with van der Waals surface area (Å²) >= 11 is 0. The lowest BCUT2D eigenvalue weighted by Gasteiger charge is -2.25. The highest BCUT2D eigenvalue weighted by atomic mass is 19.1. The highest BCUT2D eigenvalue weighted by Crippen LogP contribution is 2.23. The molecular formula is C17H20FN3O. The van der Waals surface area contributed by atoms with E-state index in [9.17, 15) is 9.18 Å². The van der Waals surface area contributed by atoms with E-state index in [4.69, 9.17) is 0 Å². The third-order valence-electron chi connectivity index (χ3n) is 4.28. The van der Waals surface area contributed by atoms with Crippen molar-refractivity contribution in [2.75, 3.05) is 20.1 Å². The fourth-order valence-corrected chi connectivity index (χ4v) is 3.16. The van der Waals surface area contributed by atoms with Crippen LogP contribution in [0.3, 0.4) is 0 Å². The van der Waals surface area contributed by atoms with Gasteiger partial charge in [0.05, 0.1) is 16.8 Å². The van der Waals surface area contributed by atoms with Crippen molar-refractivity contribution >= 4 is 16.8 Å². The van der Waals surface area contributed by atoms with Crippen molar-refractivity contribution < 1.29 is 9.18 Å². The molecule has 1 amide bonds. The minimum Gasteiger partial charge on any atom is -0.334 e. The molecule has 1 aliphatic heterocycles. The molecule has 1 fully saturated rings. The summed E-state index contributed by atoms with van der Waals surface area (Å²) in [6.45, 7) is 3.39. The lowest BCUT2D eigenvalue weighted by molar-refractivity contribution is 0.0736. The molecule has 22 heavy (non-hydrogen) atoms. The van der Waals surface area contributed by atoms with Crippen LogP contribution in [-0.2, 0) is 0 Å². The molecule has 0 bridgehead atoms. The second kappa shape index (κ2) is 6.01. The van der Waals surface area contributed by atoms with E-state index in [0.717, 1.165) is 31.3 Å². The Morgan fingerprint density at radius 2 is 2.27 bits per heavy atom. The molecule has 116 valence electrons. The number of fused-ring (bicyclic) bond motifs is 1. The third kappa shape index (κ3) is 2.68. The number of aromatic nitrogens is 1. The Kier molecular flexibility index (Phi) is 4.07. The van der Waals surface area contributed by atoms with Crippen molar-refractivity contribution in [1.82, 2.24) is 15.2 Å². The predicted octanol–water partition coefficient (Wildman–Crippen LogP) is 2.51. The Morgan fingerprint density at radius 3 is 3.05 bits per heavy atom. The molecule has 0 saturated carbocycles. The lowest BCUT2D eigenvalue weighted by Crippen LogP contribution is -2.41. The van der Waals surface area contributed by atoms with Gasteiger partial charge in [-0.2, -0.15) is 0 Å². The van der Waals surface area contributed by atoms with E-state index in [-0.39, 0.29) is 17.8 Å². The highest BCUT2D eigenvalue weighted by Gasteiger charge is 2.29. The summed E-state index contributed by atoms with van der Waals surface area (Å²) in [6, 6.07) is 6.53. The second-order valence-corrected chi connectivity index (χ2v) is 5.81. The van der Waals surface area contributed by atoms with Gasteiger partial charge in [-0.05, 0) is 45.0 Å². The zero-order chi connectivity index (χ0) is 15.7. The van der Waals surface area contributed by atoms with Gasteiger partial charge < -0.3 is 10.2 Å². The quantitative estimate of drug-likeness (QED) is 0.947. The van der Waals surface area contributed by atoms with Crippen LogP contribution in [0.5, 0.6) is 0 Å². The van der Waals surface area contributed by atoms with Gasteiger partial charge in [0.1, 0.15) is 5.82 Å². The van der Waals surface area contributed by atoms with Gasteiger partial charge in [-0.25, -0.2) is 4.39 Å². The summed E-state index contributed by atoms with van der Waals surface area (Å²) < 4.78 is 13.3. The van der Waals surface area contributed by atoms with Gasteiger partial charge in [-0.15, -0.1) is 0 Å². The van der Waals surface area contributed by atoms with Crippen LogP contribution in [0.2, 0.25) is 0 Å². The fourth-order valence-electron chi connectivity index (χ4n) is 3.16. The molecule has 2 heterocycles. The molecular weight excluding hydrogens is 281 g/mol. The maximum absolute atomic E-state index is 13.3. The van der Waals surface area contributed by atoms with E-state index in [1.165, 1.54) is 12.1 Å². The van der Waals surface area contributed by atoms with Crippen molar-refractivity contribution in [1.29, 1.82) is 0 Å². The first kappa shape index (κ1) is 14.9. The summed E-state index contributed by atoms with van der Waals surface area (Å²) in [5, 5.41) is 3.94. The lowest BCUT2D eigenvalue weighted by atomic mass is 10.1. The summed E-state index contributed by atoms with van der Waals surface area (Å²) in [7, 11) is 1.90. The Morgan fingerprint density at radius 1 is 1.45 bits per heavy atom. The van der Waals surface area contributed by atoms with E-state index in [1.807, 2.05) is 18.0 Å². The van der Waals surface area contributed by atoms with Crippen LogP contribution in [0.1, 0.15) is 28.9 Å². The van der Waals surface area contributed by atoms with Crippen molar-refractivity contribution in [3.05, 3.63) is 41.3 Å². The standard InChI is InChI=1S/C17H20FN3O/c1-11-15(8-12-5-6-13(18)9-16(12)20-11)17(22)21-7-3-4-14(21)10-19-2/h5-6,8-9,14,19H,3-4,7,10H2,1-2H3. The maximum atomic E-state index is 13.3. The van der Waals surface area contributed by atoms with Crippen molar-refractivity contribution in [3.63, 3.8) is 0 Å². The number of nitrogens with zero attached hydrogens (tertiary/aromatic N) is 2. The molecule has 5 heteroatoms. The average molecular weight is 301 g/mol. The number of aryl methyl sites for hydroxylation is 1. The van der Waals surface area contributed by atoms with Crippen LogP contribution in [0, 0.1) is 12.7 Å². The number of nitrogens with one attached hydrogen (secondary N) is 1. The van der Waals surface area contributed by atoms with Crippen LogP contribution in [0.4, 0.5) is 4.39 Å². The van der Waals surface area contributed by atoms with Crippen LogP contribution >= 0.6 is 0 Å². The first-order valence-corrected chi connectivity index (χ1v) is 7.62. The molecule has 0 radical (unpaired) electrons. The molecule has 4 nitrogen and oxygen atoms in total. The number of hydrogen-bond acceptors (Lipinski definition) is 3. The van der Waals surface area contributed by atoms with E-state index in [0.29, 0.717) is 16.8 Å². The second-order valence-electron chi connectivity index (χ2n) is 5.81. The number of likely N-dealkylation sites (tertiary alicyclic amines) is 1. The van der Waals surface area contributed by atoms with Gasteiger partial charge in [0, 0.05) is 30.6 Å². The summed E-state index contributed by atoms with van der Waals surface area (Å²) in [5.41, 5.74) is 1.85. The Hall–Kier alpha value is -2.01. The Balaban J connectivity index is 1.96. The van der Waals surface area contributed by atoms with E-state index < -0.39 is 0 Å². The molecule has 3 rings (SSSR count). The van der Waals surface area contributed by atoms with Gasteiger partial charge >= 0.3 is 0 Å². The normalized spacial score (nSPS) is 18.1. The number of carbonyl (C=O) groups is 1. The molecule has 1 saturated heterocycles. The average Bonchev–Trinajstić information content (AvgIpc) is 2.94. The summed E-state index contributed by atoms with van der Waals surface area (Å²) in [5.74, 6) is -0.291. The Labute approximate surface area is 129 Å². The number of pyridine rings is 1. The molecule has 1 atom stereocenters. The summed E-state index contributed by atoms with van der Waals surface area (Å²) in [4.78, 5) is 19.2. The molecule has 1 aromatic carbocycles. The number of carbonyl (C=O) groups excluding carboxylic acids is 1. The van der Waals surface area contributed by atoms with E-state index in [1.54, 1.807) is 13.0 Å². The number of amides is 1. The van der Waals surface area contributed by atoms with Gasteiger partial charge in [-0.3, -0.25) is 9.78 Å². The topological polar surface area (TPSA) is 45.2 Å². The smallest absolute Gasteiger partial charge is 0.256 e. The fraction of sp³-hybridized carbons (Fsp3) is 0.412. The first-order chi connectivity index (χ1) is 10.6. The van der Waals surface area contributed by atoms with Gasteiger partial charge in [0.15, 0.2) is 0 Å². The summed E-state index contributed by atoms with van der Waals surface area (Å²) in [6.07, 6.45) is 2.06. The molecule has 2 aromatic rings. The third-order valence-corrected chi connectivity index (χ3v) is 4.28. The van der Waals surface area contributed by atoms with Gasteiger partial charge in [0.25, 0.3) is 5.91 Å². The molecule has 1 N–H and O–H groups in total. The number of rotatable bonds is 3. The van der Waals surface area contributed by atoms with E-state index >= 15 is 0 Å². The Bertz CT molecular complexity index is 716. The number of halogens is 1. The molecule has 1 aliphatic rings. The van der Waals surface area contributed by atoms with Crippen LogP contribution < -0.4 is 5.32 Å².